The number of carbonyl (C=O) groups excluding carboxylic acids is 1. The molecule has 1 atom stereocenters. The minimum Gasteiger partial charge on any atom is -0.341 e. The molecule has 0 N–H and O–H groups in total. The second-order valence-electron chi connectivity index (χ2n) is 4.60. The molecule has 1 aromatic heterocycles. The summed E-state index contributed by atoms with van der Waals surface area (Å²) in [6, 6.07) is 3.44. The number of rotatable bonds is 3. The van der Waals surface area contributed by atoms with Gasteiger partial charge in [0.2, 0.25) is 5.91 Å². The van der Waals surface area contributed by atoms with Crippen LogP contribution in [0.15, 0.2) is 24.5 Å². The van der Waals surface area contributed by atoms with Gasteiger partial charge in [-0.05, 0) is 18.1 Å². The van der Waals surface area contributed by atoms with Crippen molar-refractivity contribution in [2.24, 2.45) is 0 Å². The van der Waals surface area contributed by atoms with Crippen LogP contribution in [0.5, 0.6) is 0 Å². The monoisotopic (exact) mass is 268 g/mol. The highest BCUT2D eigenvalue weighted by Gasteiger charge is 2.32. The van der Waals surface area contributed by atoms with E-state index in [2.05, 4.69) is 4.98 Å². The standard InChI is InChI=1S/C12H16N2O3S/c1-14(11-4-6-18(16,17)9-11)12(15)7-10-3-2-5-13-8-10/h2-3,5,8,11H,4,6-7,9H2,1H3. The van der Waals surface area contributed by atoms with Gasteiger partial charge in [-0.15, -0.1) is 0 Å². The summed E-state index contributed by atoms with van der Waals surface area (Å²) < 4.78 is 22.8. The second kappa shape index (κ2) is 5.06. The molecule has 1 aliphatic rings. The molecule has 0 aromatic carbocycles. The van der Waals surface area contributed by atoms with Crippen LogP contribution in [-0.4, -0.2) is 48.8 Å². The van der Waals surface area contributed by atoms with Gasteiger partial charge in [-0.1, -0.05) is 6.07 Å². The van der Waals surface area contributed by atoms with Crippen molar-refractivity contribution in [3.63, 3.8) is 0 Å². The third-order valence-corrected chi connectivity index (χ3v) is 4.98. The van der Waals surface area contributed by atoms with Crippen molar-refractivity contribution in [1.29, 1.82) is 0 Å². The number of aromatic nitrogens is 1. The Hall–Kier alpha value is -1.43. The summed E-state index contributed by atoms with van der Waals surface area (Å²) in [5.74, 6) is 0.204. The quantitative estimate of drug-likeness (QED) is 0.789. The van der Waals surface area contributed by atoms with E-state index in [4.69, 9.17) is 0 Å². The fourth-order valence-corrected chi connectivity index (χ4v) is 3.86. The zero-order valence-electron chi connectivity index (χ0n) is 10.2. The maximum absolute atomic E-state index is 12.0. The average Bonchev–Trinajstić information content (AvgIpc) is 2.70. The predicted octanol–water partition coefficient (Wildman–Crippen LogP) is 0.270. The fourth-order valence-electron chi connectivity index (χ4n) is 2.09. The van der Waals surface area contributed by atoms with Gasteiger partial charge in [0.05, 0.1) is 17.9 Å². The van der Waals surface area contributed by atoms with Gasteiger partial charge in [-0.3, -0.25) is 9.78 Å². The first-order valence-electron chi connectivity index (χ1n) is 5.83. The Morgan fingerprint density at radius 1 is 1.56 bits per heavy atom. The normalized spacial score (nSPS) is 21.7. The zero-order valence-corrected chi connectivity index (χ0v) is 11.1. The molecule has 0 radical (unpaired) electrons. The topological polar surface area (TPSA) is 67.3 Å². The third-order valence-electron chi connectivity index (χ3n) is 3.23. The van der Waals surface area contributed by atoms with E-state index in [0.29, 0.717) is 6.42 Å². The van der Waals surface area contributed by atoms with Crippen LogP contribution in [0.2, 0.25) is 0 Å². The van der Waals surface area contributed by atoms with Crippen LogP contribution in [-0.2, 0) is 21.1 Å². The summed E-state index contributed by atoms with van der Waals surface area (Å²) >= 11 is 0. The van der Waals surface area contributed by atoms with Gasteiger partial charge in [0, 0.05) is 25.5 Å². The number of carbonyl (C=O) groups is 1. The zero-order chi connectivity index (χ0) is 13.2. The molecule has 0 aliphatic carbocycles. The Morgan fingerprint density at radius 3 is 2.89 bits per heavy atom. The predicted molar refractivity (Wildman–Crippen MR) is 67.8 cm³/mol. The van der Waals surface area contributed by atoms with Gasteiger partial charge in [0.1, 0.15) is 0 Å². The van der Waals surface area contributed by atoms with Crippen LogP contribution in [0.25, 0.3) is 0 Å². The molecule has 1 unspecified atom stereocenters. The van der Waals surface area contributed by atoms with Crippen molar-refractivity contribution < 1.29 is 13.2 Å². The highest BCUT2D eigenvalue weighted by atomic mass is 32.2. The van der Waals surface area contributed by atoms with E-state index in [0.717, 1.165) is 5.56 Å². The van der Waals surface area contributed by atoms with Gasteiger partial charge < -0.3 is 4.90 Å². The SMILES string of the molecule is CN(C(=O)Cc1cccnc1)C1CCS(=O)(=O)C1. The lowest BCUT2D eigenvalue weighted by atomic mass is 10.1. The summed E-state index contributed by atoms with van der Waals surface area (Å²) in [4.78, 5) is 17.5. The summed E-state index contributed by atoms with van der Waals surface area (Å²) in [5.41, 5.74) is 0.843. The van der Waals surface area contributed by atoms with Crippen LogP contribution in [0.4, 0.5) is 0 Å². The van der Waals surface area contributed by atoms with Crippen molar-refractivity contribution in [2.75, 3.05) is 18.6 Å². The van der Waals surface area contributed by atoms with Crippen molar-refractivity contribution in [1.82, 2.24) is 9.88 Å². The summed E-state index contributed by atoms with van der Waals surface area (Å²) in [7, 11) is -1.28. The van der Waals surface area contributed by atoms with E-state index in [1.165, 1.54) is 0 Å². The number of nitrogens with zero attached hydrogens (tertiary/aromatic N) is 2. The molecule has 1 fully saturated rings. The lowest BCUT2D eigenvalue weighted by Gasteiger charge is -2.23. The number of hydrogen-bond donors (Lipinski definition) is 0. The highest BCUT2D eigenvalue weighted by molar-refractivity contribution is 7.91. The Bertz CT molecular complexity index is 528. The van der Waals surface area contributed by atoms with Crippen LogP contribution >= 0.6 is 0 Å². The van der Waals surface area contributed by atoms with Crippen LogP contribution < -0.4 is 0 Å². The molecule has 18 heavy (non-hydrogen) atoms. The maximum Gasteiger partial charge on any atom is 0.227 e. The Labute approximate surface area is 107 Å². The van der Waals surface area contributed by atoms with E-state index >= 15 is 0 Å². The summed E-state index contributed by atoms with van der Waals surface area (Å²) in [6.07, 6.45) is 4.11. The average molecular weight is 268 g/mol. The molecule has 1 amide bonds. The van der Waals surface area contributed by atoms with Gasteiger partial charge in [-0.25, -0.2) is 8.42 Å². The molecule has 0 spiro atoms. The highest BCUT2D eigenvalue weighted by Crippen LogP contribution is 2.17. The Morgan fingerprint density at radius 2 is 2.33 bits per heavy atom. The largest absolute Gasteiger partial charge is 0.341 e. The Kier molecular flexibility index (Phi) is 3.65. The Balaban J connectivity index is 1.98. The van der Waals surface area contributed by atoms with E-state index in [-0.39, 0.29) is 29.9 Å². The molecule has 0 bridgehead atoms. The molecule has 5 nitrogen and oxygen atoms in total. The third kappa shape index (κ3) is 3.07. The van der Waals surface area contributed by atoms with E-state index in [1.807, 2.05) is 6.07 Å². The molecular formula is C12H16N2O3S. The van der Waals surface area contributed by atoms with Crippen LogP contribution in [0.1, 0.15) is 12.0 Å². The van der Waals surface area contributed by atoms with Crippen LogP contribution in [0.3, 0.4) is 0 Å². The second-order valence-corrected chi connectivity index (χ2v) is 6.83. The summed E-state index contributed by atoms with van der Waals surface area (Å²) in [6.45, 7) is 0. The smallest absolute Gasteiger partial charge is 0.227 e. The molecular weight excluding hydrogens is 252 g/mol. The molecule has 1 saturated heterocycles. The van der Waals surface area contributed by atoms with Crippen LogP contribution in [0, 0.1) is 0 Å². The number of pyridine rings is 1. The molecule has 2 heterocycles. The first-order chi connectivity index (χ1) is 8.48. The molecule has 6 heteroatoms. The van der Waals surface area contributed by atoms with E-state index in [1.54, 1.807) is 30.4 Å². The van der Waals surface area contributed by atoms with Crippen molar-refractivity contribution >= 4 is 15.7 Å². The van der Waals surface area contributed by atoms with Crippen molar-refractivity contribution in [3.05, 3.63) is 30.1 Å². The molecule has 1 aliphatic heterocycles. The fraction of sp³-hybridized carbons (Fsp3) is 0.500. The van der Waals surface area contributed by atoms with Gasteiger partial charge >= 0.3 is 0 Å². The molecule has 98 valence electrons. The first-order valence-corrected chi connectivity index (χ1v) is 7.65. The maximum atomic E-state index is 12.0. The summed E-state index contributed by atoms with van der Waals surface area (Å²) in [5, 5.41) is 0. The number of amides is 1. The van der Waals surface area contributed by atoms with Crippen molar-refractivity contribution in [2.45, 2.75) is 18.9 Å². The first kappa shape index (κ1) is 13.0. The molecule has 2 rings (SSSR count). The lowest BCUT2D eigenvalue weighted by molar-refractivity contribution is -0.130. The van der Waals surface area contributed by atoms with Gasteiger partial charge in [0.15, 0.2) is 9.84 Å². The lowest BCUT2D eigenvalue weighted by Crippen LogP contribution is -2.38. The minimum atomic E-state index is -2.95. The van der Waals surface area contributed by atoms with Gasteiger partial charge in [0.25, 0.3) is 0 Å². The number of likely N-dealkylation sites (N-methyl/N-ethyl adjacent to an activating group) is 1. The van der Waals surface area contributed by atoms with Gasteiger partial charge in [-0.2, -0.15) is 0 Å². The minimum absolute atomic E-state index is 0.0647. The number of hydrogen-bond acceptors (Lipinski definition) is 4. The van der Waals surface area contributed by atoms with E-state index in [9.17, 15) is 13.2 Å². The molecule has 1 aromatic rings. The molecule has 0 saturated carbocycles. The number of sulfone groups is 1. The van der Waals surface area contributed by atoms with Crippen molar-refractivity contribution in [3.8, 4) is 0 Å². The van der Waals surface area contributed by atoms with E-state index < -0.39 is 9.84 Å².